The first kappa shape index (κ1) is 17.4. The Hall–Kier alpha value is -1.98. The second kappa shape index (κ2) is 9.22. The first-order valence-electron chi connectivity index (χ1n) is 7.75. The van der Waals surface area contributed by atoms with Gasteiger partial charge in [-0.25, -0.2) is 0 Å². The minimum Gasteiger partial charge on any atom is -0.386 e. The van der Waals surface area contributed by atoms with Crippen molar-refractivity contribution in [3.05, 3.63) is 59.4 Å². The van der Waals surface area contributed by atoms with Crippen molar-refractivity contribution in [1.82, 2.24) is 15.2 Å². The van der Waals surface area contributed by atoms with Crippen molar-refractivity contribution in [2.24, 2.45) is 4.99 Å². The highest BCUT2D eigenvalue weighted by atomic mass is 35.5. The van der Waals surface area contributed by atoms with Gasteiger partial charge in [-0.3, -0.25) is 4.99 Å². The molecule has 1 heterocycles. The van der Waals surface area contributed by atoms with Gasteiger partial charge in [-0.2, -0.15) is 0 Å². The predicted molar refractivity (Wildman–Crippen MR) is 94.8 cm³/mol. The van der Waals surface area contributed by atoms with Gasteiger partial charge in [-0.05, 0) is 36.8 Å². The van der Waals surface area contributed by atoms with Crippen LogP contribution < -0.4 is 10.6 Å². The van der Waals surface area contributed by atoms with Gasteiger partial charge in [0.15, 0.2) is 5.96 Å². The van der Waals surface area contributed by atoms with Crippen LogP contribution in [0.2, 0.25) is 5.02 Å². The Balaban J connectivity index is 1.85. The summed E-state index contributed by atoms with van der Waals surface area (Å²) in [5.74, 6) is 0.702. The van der Waals surface area contributed by atoms with Crippen LogP contribution >= 0.6 is 11.6 Å². The minimum absolute atomic E-state index is 0.292. The van der Waals surface area contributed by atoms with Gasteiger partial charge in [0, 0.05) is 37.1 Å². The van der Waals surface area contributed by atoms with E-state index in [1.807, 2.05) is 43.6 Å². The zero-order valence-electron chi connectivity index (χ0n) is 13.2. The van der Waals surface area contributed by atoms with Crippen molar-refractivity contribution in [1.29, 1.82) is 0 Å². The molecule has 0 radical (unpaired) electrons. The third-order valence-electron chi connectivity index (χ3n) is 3.35. The molecule has 124 valence electrons. The Morgan fingerprint density at radius 1 is 1.22 bits per heavy atom. The lowest BCUT2D eigenvalue weighted by Crippen LogP contribution is -2.39. The molecular formula is C17H23ClN4O. The third-order valence-corrected chi connectivity index (χ3v) is 3.60. The highest BCUT2D eigenvalue weighted by Crippen LogP contribution is 2.16. The fourth-order valence-corrected chi connectivity index (χ4v) is 2.26. The number of guanidine groups is 1. The van der Waals surface area contributed by atoms with Crippen LogP contribution in [0, 0.1) is 0 Å². The first-order chi connectivity index (χ1) is 11.2. The molecule has 0 saturated heterocycles. The van der Waals surface area contributed by atoms with Gasteiger partial charge in [0.05, 0.1) is 12.6 Å². The summed E-state index contributed by atoms with van der Waals surface area (Å²) in [5.41, 5.74) is 0.807. The summed E-state index contributed by atoms with van der Waals surface area (Å²) in [6, 6.07) is 11.2. The van der Waals surface area contributed by atoms with E-state index in [0.717, 1.165) is 25.2 Å². The molecule has 3 N–H and O–H groups in total. The Bertz CT molecular complexity index is 596. The molecule has 0 spiro atoms. The summed E-state index contributed by atoms with van der Waals surface area (Å²) in [7, 11) is 0. The highest BCUT2D eigenvalue weighted by molar-refractivity contribution is 6.30. The maximum atomic E-state index is 10.2. The predicted octanol–water partition coefficient (Wildman–Crippen LogP) is 2.43. The summed E-state index contributed by atoms with van der Waals surface area (Å²) >= 11 is 5.85. The highest BCUT2D eigenvalue weighted by Gasteiger charge is 2.07. The van der Waals surface area contributed by atoms with E-state index in [2.05, 4.69) is 20.2 Å². The van der Waals surface area contributed by atoms with Crippen LogP contribution in [-0.4, -0.2) is 35.3 Å². The molecule has 23 heavy (non-hydrogen) atoms. The van der Waals surface area contributed by atoms with Gasteiger partial charge in [-0.1, -0.05) is 23.7 Å². The van der Waals surface area contributed by atoms with E-state index in [-0.39, 0.29) is 0 Å². The number of aliphatic hydroxyl groups excluding tert-OH is 1. The van der Waals surface area contributed by atoms with Gasteiger partial charge >= 0.3 is 0 Å². The fraction of sp³-hybridized carbons (Fsp3) is 0.353. The molecule has 5 nitrogen and oxygen atoms in total. The summed E-state index contributed by atoms with van der Waals surface area (Å²) in [6.07, 6.45) is 3.40. The molecule has 2 aromatic rings. The molecule has 0 saturated carbocycles. The molecule has 1 atom stereocenters. The van der Waals surface area contributed by atoms with Crippen LogP contribution in [0.3, 0.4) is 0 Å². The number of rotatable bonds is 7. The smallest absolute Gasteiger partial charge is 0.191 e. The Morgan fingerprint density at radius 2 is 1.91 bits per heavy atom. The number of hydrogen-bond acceptors (Lipinski definition) is 2. The van der Waals surface area contributed by atoms with Crippen molar-refractivity contribution in [3.63, 3.8) is 0 Å². The lowest BCUT2D eigenvalue weighted by molar-refractivity contribution is 0.187. The molecule has 0 fully saturated rings. The van der Waals surface area contributed by atoms with E-state index in [4.69, 9.17) is 11.6 Å². The number of halogens is 1. The molecule has 6 heteroatoms. The van der Waals surface area contributed by atoms with E-state index in [1.54, 1.807) is 12.1 Å². The number of aromatic nitrogens is 1. The van der Waals surface area contributed by atoms with E-state index in [9.17, 15) is 5.11 Å². The average molecular weight is 335 g/mol. The Labute approximate surface area is 142 Å². The van der Waals surface area contributed by atoms with E-state index in [0.29, 0.717) is 17.5 Å². The third kappa shape index (κ3) is 5.96. The van der Waals surface area contributed by atoms with Crippen molar-refractivity contribution in [2.75, 3.05) is 19.6 Å². The number of benzene rings is 1. The van der Waals surface area contributed by atoms with E-state index < -0.39 is 6.10 Å². The lowest BCUT2D eigenvalue weighted by atomic mass is 10.1. The molecule has 0 aliphatic carbocycles. The summed E-state index contributed by atoms with van der Waals surface area (Å²) in [6.45, 7) is 4.69. The second-order valence-corrected chi connectivity index (χ2v) is 5.57. The Morgan fingerprint density at radius 3 is 2.57 bits per heavy atom. The average Bonchev–Trinajstić information content (AvgIpc) is 3.06. The number of nitrogens with zero attached hydrogens (tertiary/aromatic N) is 2. The van der Waals surface area contributed by atoms with E-state index in [1.165, 1.54) is 0 Å². The summed E-state index contributed by atoms with van der Waals surface area (Å²) in [5, 5.41) is 17.3. The standard InChI is InChI=1S/C17H23ClN4O/c1-2-19-17(20-9-12-22-10-3-4-11-22)21-13-16(23)14-5-7-15(18)8-6-14/h3-8,10-11,16,23H,2,9,12-13H2,1H3,(H2,19,20,21). The van der Waals surface area contributed by atoms with Gasteiger partial charge in [0.25, 0.3) is 0 Å². The van der Waals surface area contributed by atoms with Crippen LogP contribution in [-0.2, 0) is 6.54 Å². The molecule has 1 unspecified atom stereocenters. The second-order valence-electron chi connectivity index (χ2n) is 5.13. The topological polar surface area (TPSA) is 61.6 Å². The largest absolute Gasteiger partial charge is 0.386 e. The van der Waals surface area contributed by atoms with Gasteiger partial charge in [0.2, 0.25) is 0 Å². The zero-order chi connectivity index (χ0) is 16.5. The SMILES string of the molecule is CCNC(=NCC(O)c1ccc(Cl)cc1)NCCn1cccc1. The molecule has 0 amide bonds. The van der Waals surface area contributed by atoms with Crippen molar-refractivity contribution in [3.8, 4) is 0 Å². The molecule has 0 aliphatic heterocycles. The quantitative estimate of drug-likeness (QED) is 0.538. The number of aliphatic imine (C=N–C) groups is 1. The van der Waals surface area contributed by atoms with Crippen molar-refractivity contribution < 1.29 is 5.11 Å². The molecule has 1 aromatic heterocycles. The molecule has 2 rings (SSSR count). The maximum Gasteiger partial charge on any atom is 0.191 e. The maximum absolute atomic E-state index is 10.2. The summed E-state index contributed by atoms with van der Waals surface area (Å²) in [4.78, 5) is 4.43. The van der Waals surface area contributed by atoms with Gasteiger partial charge in [-0.15, -0.1) is 0 Å². The Kier molecular flexibility index (Phi) is 6.97. The van der Waals surface area contributed by atoms with Crippen LogP contribution in [0.4, 0.5) is 0 Å². The summed E-state index contributed by atoms with van der Waals surface area (Å²) < 4.78 is 2.10. The zero-order valence-corrected chi connectivity index (χ0v) is 14.0. The molecule has 0 bridgehead atoms. The van der Waals surface area contributed by atoms with E-state index >= 15 is 0 Å². The van der Waals surface area contributed by atoms with Crippen LogP contribution in [0.25, 0.3) is 0 Å². The molecular weight excluding hydrogens is 312 g/mol. The fourth-order valence-electron chi connectivity index (χ4n) is 2.13. The first-order valence-corrected chi connectivity index (χ1v) is 8.13. The molecule has 1 aromatic carbocycles. The van der Waals surface area contributed by atoms with Crippen LogP contribution in [0.1, 0.15) is 18.6 Å². The molecule has 0 aliphatic rings. The van der Waals surface area contributed by atoms with Crippen molar-refractivity contribution in [2.45, 2.75) is 19.6 Å². The van der Waals surface area contributed by atoms with Crippen LogP contribution in [0.5, 0.6) is 0 Å². The van der Waals surface area contributed by atoms with Crippen LogP contribution in [0.15, 0.2) is 53.8 Å². The normalized spacial score (nSPS) is 12.9. The van der Waals surface area contributed by atoms with Gasteiger partial charge in [0.1, 0.15) is 0 Å². The monoisotopic (exact) mass is 334 g/mol. The minimum atomic E-state index is -0.646. The van der Waals surface area contributed by atoms with Gasteiger partial charge < -0.3 is 20.3 Å². The number of nitrogens with one attached hydrogen (secondary N) is 2. The lowest BCUT2D eigenvalue weighted by Gasteiger charge is -2.13. The van der Waals surface area contributed by atoms with Crippen molar-refractivity contribution >= 4 is 17.6 Å². The number of hydrogen-bond donors (Lipinski definition) is 3. The number of aliphatic hydroxyl groups is 1.